The summed E-state index contributed by atoms with van der Waals surface area (Å²) in [7, 11) is 0. The number of hydrogen-bond acceptors (Lipinski definition) is 3. The van der Waals surface area contributed by atoms with Gasteiger partial charge in [0, 0.05) is 25.8 Å². The molecule has 148 valence electrons. The number of amides is 1. The highest BCUT2D eigenvalue weighted by Crippen LogP contribution is 2.34. The van der Waals surface area contributed by atoms with Crippen LogP contribution in [0.1, 0.15) is 29.2 Å². The summed E-state index contributed by atoms with van der Waals surface area (Å²) in [5.74, 6) is -0.271. The molecule has 2 atom stereocenters. The lowest BCUT2D eigenvalue weighted by Crippen LogP contribution is -2.58. The molecule has 0 radical (unpaired) electrons. The number of carbonyl (C=O) groups excluding carboxylic acids is 1. The maximum absolute atomic E-state index is 14.0. The van der Waals surface area contributed by atoms with Crippen LogP contribution in [0.4, 0.5) is 8.78 Å². The lowest BCUT2D eigenvalue weighted by Gasteiger charge is -2.45. The highest BCUT2D eigenvalue weighted by molar-refractivity contribution is 5.88. The van der Waals surface area contributed by atoms with E-state index in [4.69, 9.17) is 5.41 Å². The topological polar surface area (TPSA) is 47.4 Å². The maximum atomic E-state index is 14.0. The highest BCUT2D eigenvalue weighted by atomic mass is 19.3. The van der Waals surface area contributed by atoms with Gasteiger partial charge in [-0.2, -0.15) is 0 Å². The molecule has 0 aliphatic carbocycles. The lowest BCUT2D eigenvalue weighted by molar-refractivity contribution is -0.135. The molecular weight excluding hydrogens is 360 g/mol. The largest absolute Gasteiger partial charge is 0.339 e. The average molecular weight is 385 g/mol. The van der Waals surface area contributed by atoms with Crippen LogP contribution in [-0.2, 0) is 4.79 Å². The molecule has 2 aromatic carbocycles. The summed E-state index contributed by atoms with van der Waals surface area (Å²) in [5.41, 5.74) is 3.00. The smallest absolute Gasteiger partial charge is 0.255 e. The number of halogens is 2. The third-order valence-corrected chi connectivity index (χ3v) is 5.19. The van der Waals surface area contributed by atoms with Crippen LogP contribution >= 0.6 is 0 Å². The molecule has 6 heteroatoms. The molecule has 1 aliphatic rings. The molecule has 1 heterocycles. The molecule has 0 spiro atoms. The van der Waals surface area contributed by atoms with Gasteiger partial charge >= 0.3 is 0 Å². The number of piperazine rings is 1. The molecule has 0 aromatic heterocycles. The molecule has 28 heavy (non-hydrogen) atoms. The fraction of sp³-hybridized carbons (Fsp3) is 0.364. The molecule has 1 fully saturated rings. The van der Waals surface area contributed by atoms with E-state index in [-0.39, 0.29) is 24.9 Å². The fourth-order valence-corrected chi connectivity index (χ4v) is 3.86. The van der Waals surface area contributed by atoms with Gasteiger partial charge in [0.2, 0.25) is 5.91 Å². The van der Waals surface area contributed by atoms with Crippen molar-refractivity contribution in [3.63, 3.8) is 0 Å². The SMILES string of the molecule is Cc1cccc([C@@H](c2ccccc2)N2CCN(C(=O)CC=N)CC2C(F)F)c1. The number of benzene rings is 2. The molecule has 1 unspecified atom stereocenters. The van der Waals surface area contributed by atoms with Crippen molar-refractivity contribution in [2.75, 3.05) is 19.6 Å². The summed E-state index contributed by atoms with van der Waals surface area (Å²) in [6, 6.07) is 16.2. The van der Waals surface area contributed by atoms with Gasteiger partial charge in [0.15, 0.2) is 0 Å². The van der Waals surface area contributed by atoms with E-state index in [0.29, 0.717) is 13.1 Å². The predicted molar refractivity (Wildman–Crippen MR) is 106 cm³/mol. The van der Waals surface area contributed by atoms with E-state index in [2.05, 4.69) is 0 Å². The molecule has 1 aliphatic heterocycles. The number of nitrogens with zero attached hydrogens (tertiary/aromatic N) is 2. The first-order valence-corrected chi connectivity index (χ1v) is 9.43. The summed E-state index contributed by atoms with van der Waals surface area (Å²) in [4.78, 5) is 15.4. The van der Waals surface area contributed by atoms with Gasteiger partial charge in [0.1, 0.15) is 0 Å². The molecule has 1 amide bonds. The molecule has 1 N–H and O–H groups in total. The summed E-state index contributed by atoms with van der Waals surface area (Å²) in [6.45, 7) is 2.70. The molecule has 0 saturated carbocycles. The average Bonchev–Trinajstić information content (AvgIpc) is 2.69. The number of aryl methyl sites for hydroxylation is 1. The van der Waals surface area contributed by atoms with Gasteiger partial charge in [-0.15, -0.1) is 0 Å². The second kappa shape index (κ2) is 9.06. The van der Waals surface area contributed by atoms with Gasteiger partial charge in [0.25, 0.3) is 6.43 Å². The Balaban J connectivity index is 1.97. The number of hydrogen-bond donors (Lipinski definition) is 1. The van der Waals surface area contributed by atoms with Gasteiger partial charge in [0.05, 0.1) is 18.5 Å². The fourth-order valence-electron chi connectivity index (χ4n) is 3.86. The van der Waals surface area contributed by atoms with Crippen molar-refractivity contribution < 1.29 is 13.6 Å². The van der Waals surface area contributed by atoms with Crippen molar-refractivity contribution in [1.82, 2.24) is 9.80 Å². The number of rotatable bonds is 6. The van der Waals surface area contributed by atoms with E-state index < -0.39 is 12.5 Å². The zero-order chi connectivity index (χ0) is 20.1. The van der Waals surface area contributed by atoms with Gasteiger partial charge < -0.3 is 10.3 Å². The van der Waals surface area contributed by atoms with E-state index in [1.807, 2.05) is 66.4 Å². The van der Waals surface area contributed by atoms with Crippen LogP contribution in [0.5, 0.6) is 0 Å². The van der Waals surface area contributed by atoms with Gasteiger partial charge in [-0.3, -0.25) is 9.69 Å². The Bertz CT molecular complexity index is 812. The summed E-state index contributed by atoms with van der Waals surface area (Å²) in [6.07, 6.45) is -1.60. The van der Waals surface area contributed by atoms with Crippen molar-refractivity contribution in [2.45, 2.75) is 31.9 Å². The quantitative estimate of drug-likeness (QED) is 0.767. The van der Waals surface area contributed by atoms with Crippen LogP contribution < -0.4 is 0 Å². The normalized spacial score (nSPS) is 18.9. The molecule has 1 saturated heterocycles. The molecule has 2 aromatic rings. The summed E-state index contributed by atoms with van der Waals surface area (Å²) in [5, 5.41) is 7.11. The molecule has 4 nitrogen and oxygen atoms in total. The van der Waals surface area contributed by atoms with E-state index in [0.717, 1.165) is 22.9 Å². The summed E-state index contributed by atoms with van der Waals surface area (Å²) >= 11 is 0. The molecular formula is C22H25F2N3O. The van der Waals surface area contributed by atoms with Crippen LogP contribution in [0.15, 0.2) is 54.6 Å². The minimum absolute atomic E-state index is 0.0283. The zero-order valence-corrected chi connectivity index (χ0v) is 15.9. The maximum Gasteiger partial charge on any atom is 0.255 e. The first-order chi connectivity index (χ1) is 13.5. The zero-order valence-electron chi connectivity index (χ0n) is 15.9. The van der Waals surface area contributed by atoms with Crippen LogP contribution in [0.25, 0.3) is 0 Å². The Morgan fingerprint density at radius 1 is 1.14 bits per heavy atom. The Labute approximate surface area is 164 Å². The number of alkyl halides is 2. The first-order valence-electron chi connectivity index (χ1n) is 9.43. The highest BCUT2D eigenvalue weighted by Gasteiger charge is 2.39. The minimum atomic E-state index is -2.58. The third kappa shape index (κ3) is 4.44. The Morgan fingerprint density at radius 2 is 1.86 bits per heavy atom. The van der Waals surface area contributed by atoms with E-state index in [1.165, 1.54) is 4.90 Å². The second-order valence-electron chi connectivity index (χ2n) is 7.11. The second-order valence-corrected chi connectivity index (χ2v) is 7.11. The first kappa shape index (κ1) is 20.1. The van der Waals surface area contributed by atoms with Crippen molar-refractivity contribution in [3.05, 3.63) is 71.3 Å². The number of nitrogens with one attached hydrogen (secondary N) is 1. The van der Waals surface area contributed by atoms with Gasteiger partial charge in [-0.1, -0.05) is 60.2 Å². The van der Waals surface area contributed by atoms with Crippen molar-refractivity contribution in [3.8, 4) is 0 Å². The predicted octanol–water partition coefficient (Wildman–Crippen LogP) is 3.90. The number of carbonyl (C=O) groups is 1. The Kier molecular flexibility index (Phi) is 6.52. The molecule has 0 bridgehead atoms. The monoisotopic (exact) mass is 385 g/mol. The van der Waals surface area contributed by atoms with Gasteiger partial charge in [-0.05, 0) is 18.1 Å². The minimum Gasteiger partial charge on any atom is -0.339 e. The van der Waals surface area contributed by atoms with Crippen LogP contribution in [0.3, 0.4) is 0 Å². The van der Waals surface area contributed by atoms with Crippen LogP contribution in [0.2, 0.25) is 0 Å². The van der Waals surface area contributed by atoms with Crippen LogP contribution in [-0.4, -0.2) is 54.0 Å². The van der Waals surface area contributed by atoms with E-state index in [1.54, 1.807) is 0 Å². The summed E-state index contributed by atoms with van der Waals surface area (Å²) < 4.78 is 28.1. The molecule has 3 rings (SSSR count). The van der Waals surface area contributed by atoms with E-state index in [9.17, 15) is 13.6 Å². The Hall–Kier alpha value is -2.60. The Morgan fingerprint density at radius 3 is 2.50 bits per heavy atom. The van der Waals surface area contributed by atoms with Crippen molar-refractivity contribution in [1.29, 1.82) is 5.41 Å². The third-order valence-electron chi connectivity index (χ3n) is 5.19. The van der Waals surface area contributed by atoms with E-state index >= 15 is 0 Å². The standard InChI is InChI=1S/C22H25F2N3O/c1-16-6-5-9-18(14-16)21(17-7-3-2-4-8-17)27-13-12-26(20(28)10-11-25)15-19(27)22(23)24/h2-9,11,14,19,21-22,25H,10,12-13,15H2,1H3/t19?,21-/m1/s1. The lowest BCUT2D eigenvalue weighted by atomic mass is 9.93. The van der Waals surface area contributed by atoms with Crippen molar-refractivity contribution in [2.24, 2.45) is 0 Å². The van der Waals surface area contributed by atoms with Crippen molar-refractivity contribution >= 4 is 12.1 Å². The van der Waals surface area contributed by atoms with Gasteiger partial charge in [-0.25, -0.2) is 8.78 Å². The van der Waals surface area contributed by atoms with Crippen LogP contribution in [0, 0.1) is 12.3 Å².